The maximum atomic E-state index is 8.02. The van der Waals surface area contributed by atoms with Crippen molar-refractivity contribution in [3.8, 4) is 0 Å². The third-order valence-corrected chi connectivity index (χ3v) is 2.73. The predicted octanol–water partition coefficient (Wildman–Crippen LogP) is 4.10. The minimum Gasteiger partial charge on any atom is -0.454 e. The zero-order valence-electron chi connectivity index (χ0n) is 10.3. The van der Waals surface area contributed by atoms with Crippen LogP contribution in [-0.2, 0) is 0 Å². The molecule has 0 radical (unpaired) electrons. The lowest BCUT2D eigenvalue weighted by molar-refractivity contribution is 0.667. The van der Waals surface area contributed by atoms with E-state index in [1.165, 1.54) is 0 Å². The molecule has 0 unspecified atom stereocenters. The molecule has 0 aliphatic carbocycles. The number of fused-ring (bicyclic) bond motifs is 3. The Balaban J connectivity index is 2.38. The van der Waals surface area contributed by atoms with Gasteiger partial charge in [0.05, 0.1) is 0 Å². The molecule has 2 heteroatoms. The Morgan fingerprint density at radius 3 is 2.75 bits per heavy atom. The molecule has 16 heavy (non-hydrogen) atoms. The second kappa shape index (κ2) is 3.34. The Morgan fingerprint density at radius 1 is 1.12 bits per heavy atom. The molecule has 0 saturated carbocycles. The normalized spacial score (nSPS) is 13.2. The highest BCUT2D eigenvalue weighted by molar-refractivity contribution is 6.02. The highest BCUT2D eigenvalue weighted by Gasteiger charge is 2.09. The Hall–Kier alpha value is -1.83. The minimum absolute atomic E-state index is 0.688. The van der Waals surface area contributed by atoms with Crippen LogP contribution >= 0.6 is 0 Å². The smallest absolute Gasteiger partial charge is 0.153 e. The average molecular weight is 212 g/mol. The van der Waals surface area contributed by atoms with Gasteiger partial charge >= 0.3 is 0 Å². The lowest BCUT2D eigenvalue weighted by Gasteiger charge is -2.02. The van der Waals surface area contributed by atoms with Crippen LogP contribution in [0.15, 0.2) is 40.8 Å². The number of para-hydroxylation sites is 1. The van der Waals surface area contributed by atoms with E-state index in [2.05, 4.69) is 4.98 Å². The van der Waals surface area contributed by atoms with E-state index in [0.29, 0.717) is 0 Å². The summed E-state index contributed by atoms with van der Waals surface area (Å²) in [5.74, 6) is -0.688. The molecular weight excluding hydrogens is 198 g/mol. The summed E-state index contributed by atoms with van der Waals surface area (Å²) in [5, 5.41) is 1.01. The van der Waals surface area contributed by atoms with Crippen LogP contribution in [0.5, 0.6) is 0 Å². The van der Waals surface area contributed by atoms with E-state index in [-0.39, 0.29) is 0 Å². The van der Waals surface area contributed by atoms with E-state index in [0.717, 1.165) is 27.8 Å². The molecule has 0 atom stereocenters. The molecule has 0 fully saturated rings. The first-order chi connectivity index (χ1) is 8.05. The van der Waals surface area contributed by atoms with Crippen LogP contribution in [-0.4, -0.2) is 4.98 Å². The van der Waals surface area contributed by atoms with Gasteiger partial charge in [0.2, 0.25) is 0 Å². The van der Waals surface area contributed by atoms with Crippen molar-refractivity contribution in [2.75, 3.05) is 0 Å². The SMILES string of the molecule is [2H]C(C)(C)c1ccc2oc3ccccc3c2n1. The first-order valence-electron chi connectivity index (χ1n) is 5.84. The third kappa shape index (κ3) is 1.30. The summed E-state index contributed by atoms with van der Waals surface area (Å²) in [5.41, 5.74) is 3.23. The number of nitrogens with zero attached hydrogens (tertiary/aromatic N) is 1. The number of hydrogen-bond donors (Lipinski definition) is 0. The van der Waals surface area contributed by atoms with Gasteiger partial charge in [-0.3, -0.25) is 0 Å². The van der Waals surface area contributed by atoms with E-state index in [1.807, 2.05) is 50.2 Å². The number of pyridine rings is 1. The summed E-state index contributed by atoms with van der Waals surface area (Å²) < 4.78 is 13.7. The molecule has 2 nitrogen and oxygen atoms in total. The molecule has 0 spiro atoms. The molecule has 0 bridgehead atoms. The standard InChI is InChI=1S/C14H13NO/c1-9(2)11-7-8-13-14(15-11)10-5-3-4-6-12(10)16-13/h3-9H,1-2H3/i9D. The molecule has 3 aromatic rings. The van der Waals surface area contributed by atoms with E-state index in [4.69, 9.17) is 5.79 Å². The average Bonchev–Trinajstić information content (AvgIpc) is 2.65. The Labute approximate surface area is 95.3 Å². The van der Waals surface area contributed by atoms with Crippen LogP contribution in [0, 0.1) is 0 Å². The topological polar surface area (TPSA) is 26.0 Å². The van der Waals surface area contributed by atoms with Gasteiger partial charge in [0.1, 0.15) is 11.1 Å². The fraction of sp³-hybridized carbons (Fsp3) is 0.214. The maximum absolute atomic E-state index is 8.02. The third-order valence-electron chi connectivity index (χ3n) is 2.73. The van der Waals surface area contributed by atoms with Crippen molar-refractivity contribution < 1.29 is 5.79 Å². The predicted molar refractivity (Wildman–Crippen MR) is 65.6 cm³/mol. The van der Waals surface area contributed by atoms with Crippen LogP contribution in [0.1, 0.15) is 26.8 Å². The van der Waals surface area contributed by atoms with Crippen molar-refractivity contribution in [2.24, 2.45) is 0 Å². The molecule has 3 rings (SSSR count). The van der Waals surface area contributed by atoms with E-state index in [9.17, 15) is 0 Å². The Kier molecular flexibility index (Phi) is 1.74. The van der Waals surface area contributed by atoms with Crippen molar-refractivity contribution in [3.05, 3.63) is 42.1 Å². The highest BCUT2D eigenvalue weighted by atomic mass is 16.3. The van der Waals surface area contributed by atoms with Gasteiger partial charge in [-0.05, 0) is 30.2 Å². The number of aromatic nitrogens is 1. The van der Waals surface area contributed by atoms with E-state index in [1.54, 1.807) is 0 Å². The number of benzene rings is 1. The molecule has 0 saturated heterocycles. The summed E-state index contributed by atoms with van der Waals surface area (Å²) in [4.78, 5) is 4.55. The summed E-state index contributed by atoms with van der Waals surface area (Å²) in [6.45, 7) is 3.67. The van der Waals surface area contributed by atoms with Crippen molar-refractivity contribution in [1.29, 1.82) is 0 Å². The van der Waals surface area contributed by atoms with Gasteiger partial charge < -0.3 is 4.42 Å². The molecule has 2 heterocycles. The second-order valence-corrected chi connectivity index (χ2v) is 4.14. The van der Waals surface area contributed by atoms with Gasteiger partial charge in [-0.1, -0.05) is 26.0 Å². The lowest BCUT2D eigenvalue weighted by atomic mass is 10.1. The Bertz CT molecular complexity index is 694. The van der Waals surface area contributed by atoms with Crippen LogP contribution in [0.2, 0.25) is 0 Å². The molecule has 0 aliphatic rings. The summed E-state index contributed by atoms with van der Waals surface area (Å²) in [7, 11) is 0. The van der Waals surface area contributed by atoms with Gasteiger partial charge in [-0.15, -0.1) is 0 Å². The second-order valence-electron chi connectivity index (χ2n) is 4.14. The van der Waals surface area contributed by atoms with Gasteiger partial charge in [0, 0.05) is 12.5 Å². The van der Waals surface area contributed by atoms with Crippen molar-refractivity contribution >= 4 is 22.1 Å². The number of hydrogen-bond acceptors (Lipinski definition) is 2. The molecule has 0 aliphatic heterocycles. The maximum Gasteiger partial charge on any atom is 0.153 e. The molecule has 0 N–H and O–H groups in total. The molecule has 0 amide bonds. The first-order valence-corrected chi connectivity index (χ1v) is 5.34. The molecule has 1 aromatic carbocycles. The monoisotopic (exact) mass is 212 g/mol. The Morgan fingerprint density at radius 2 is 1.94 bits per heavy atom. The van der Waals surface area contributed by atoms with Crippen LogP contribution in [0.3, 0.4) is 0 Å². The van der Waals surface area contributed by atoms with E-state index >= 15 is 0 Å². The van der Waals surface area contributed by atoms with Gasteiger partial charge in [0.15, 0.2) is 5.58 Å². The fourth-order valence-corrected chi connectivity index (χ4v) is 1.87. The van der Waals surface area contributed by atoms with Gasteiger partial charge in [-0.25, -0.2) is 4.98 Å². The van der Waals surface area contributed by atoms with E-state index < -0.39 is 5.89 Å². The number of rotatable bonds is 1. The van der Waals surface area contributed by atoms with Crippen molar-refractivity contribution in [1.82, 2.24) is 4.98 Å². The van der Waals surface area contributed by atoms with Crippen LogP contribution < -0.4 is 0 Å². The highest BCUT2D eigenvalue weighted by Crippen LogP contribution is 2.28. The quantitative estimate of drug-likeness (QED) is 0.606. The summed E-state index contributed by atoms with van der Waals surface area (Å²) >= 11 is 0. The van der Waals surface area contributed by atoms with Crippen molar-refractivity contribution in [3.63, 3.8) is 0 Å². The minimum atomic E-state index is -0.688. The van der Waals surface area contributed by atoms with Crippen molar-refractivity contribution in [2.45, 2.75) is 19.7 Å². The zero-order chi connectivity index (χ0) is 12.0. The fourth-order valence-electron chi connectivity index (χ4n) is 1.87. The zero-order valence-corrected chi connectivity index (χ0v) is 9.32. The van der Waals surface area contributed by atoms with Gasteiger partial charge in [-0.2, -0.15) is 0 Å². The molecule has 80 valence electrons. The van der Waals surface area contributed by atoms with Gasteiger partial charge in [0.25, 0.3) is 0 Å². The lowest BCUT2D eigenvalue weighted by Crippen LogP contribution is -1.90. The summed E-state index contributed by atoms with van der Waals surface area (Å²) in [6.07, 6.45) is 0. The molecule has 2 aromatic heterocycles. The first kappa shape index (κ1) is 8.34. The van der Waals surface area contributed by atoms with Crippen LogP contribution in [0.4, 0.5) is 0 Å². The molecular formula is C14H13NO. The van der Waals surface area contributed by atoms with Crippen LogP contribution in [0.25, 0.3) is 22.1 Å². The largest absolute Gasteiger partial charge is 0.454 e. The summed E-state index contributed by atoms with van der Waals surface area (Å²) in [6, 6.07) is 11.6. The number of furan rings is 1.